The zero-order chi connectivity index (χ0) is 21.9. The number of benzene rings is 2. The first-order valence-corrected chi connectivity index (χ1v) is 10.5. The Morgan fingerprint density at radius 1 is 0.903 bits per heavy atom. The molecule has 2 aromatic carbocycles. The van der Waals surface area contributed by atoms with Crippen LogP contribution >= 0.6 is 11.6 Å². The second kappa shape index (κ2) is 11.7. The molecule has 0 unspecified atom stereocenters. The molecule has 0 radical (unpaired) electrons. The quantitative estimate of drug-likeness (QED) is 0.200. The number of hydrogen-bond donors (Lipinski definition) is 1. The minimum atomic E-state index is -0.757. The van der Waals surface area contributed by atoms with E-state index in [0.29, 0.717) is 23.9 Å². The van der Waals surface area contributed by atoms with Crippen LogP contribution in [0.2, 0.25) is 0 Å². The zero-order valence-electron chi connectivity index (χ0n) is 16.9. The molecular weight excluding hydrogens is 416 g/mol. The van der Waals surface area contributed by atoms with Crippen molar-refractivity contribution in [1.29, 1.82) is 0 Å². The third-order valence-corrected chi connectivity index (χ3v) is 4.67. The average Bonchev–Trinajstić information content (AvgIpc) is 2.82. The number of ketones is 1. The summed E-state index contributed by atoms with van der Waals surface area (Å²) in [5, 5.41) is 2.62. The molecule has 7 heteroatoms. The van der Waals surface area contributed by atoms with Crippen molar-refractivity contribution in [2.75, 3.05) is 17.8 Å². The smallest absolute Gasteiger partial charge is 0.296 e. The number of anilines is 1. The van der Waals surface area contributed by atoms with Crippen LogP contribution in [0.3, 0.4) is 0 Å². The summed E-state index contributed by atoms with van der Waals surface area (Å²) in [4.78, 5) is 28.6. The van der Waals surface area contributed by atoms with Crippen molar-refractivity contribution < 1.29 is 19.1 Å². The largest absolute Gasteiger partial charge is 0.493 e. The van der Waals surface area contributed by atoms with Crippen LogP contribution in [-0.4, -0.2) is 29.2 Å². The van der Waals surface area contributed by atoms with Crippen molar-refractivity contribution in [3.63, 3.8) is 0 Å². The molecule has 0 aliphatic heterocycles. The van der Waals surface area contributed by atoms with Crippen LogP contribution in [0.4, 0.5) is 5.69 Å². The van der Waals surface area contributed by atoms with Gasteiger partial charge in [-0.1, -0.05) is 30.3 Å². The van der Waals surface area contributed by atoms with Gasteiger partial charge in [-0.15, -0.1) is 11.6 Å². The van der Waals surface area contributed by atoms with E-state index in [4.69, 9.17) is 21.1 Å². The Labute approximate surface area is 186 Å². The predicted molar refractivity (Wildman–Crippen MR) is 120 cm³/mol. The van der Waals surface area contributed by atoms with E-state index in [-0.39, 0.29) is 12.2 Å². The molecule has 0 bridgehead atoms. The maximum absolute atomic E-state index is 12.4. The first kappa shape index (κ1) is 22.3. The number of ether oxygens (including phenoxy) is 2. The number of alkyl halides is 1. The summed E-state index contributed by atoms with van der Waals surface area (Å²) in [6.07, 6.45) is 4.66. The number of carbonyl (C=O) groups excluding carboxylic acids is 2. The van der Waals surface area contributed by atoms with Crippen LogP contribution in [0.1, 0.15) is 28.8 Å². The van der Waals surface area contributed by atoms with Crippen LogP contribution in [-0.2, 0) is 11.4 Å². The van der Waals surface area contributed by atoms with Crippen molar-refractivity contribution in [3.8, 4) is 11.5 Å². The van der Waals surface area contributed by atoms with Crippen LogP contribution < -0.4 is 14.8 Å². The third kappa shape index (κ3) is 6.55. The van der Waals surface area contributed by atoms with E-state index in [1.54, 1.807) is 36.4 Å². The van der Waals surface area contributed by atoms with Crippen LogP contribution in [0.25, 0.3) is 0 Å². The number of hydrogen-bond acceptors (Lipinski definition) is 5. The van der Waals surface area contributed by atoms with E-state index in [0.717, 1.165) is 24.2 Å². The summed E-state index contributed by atoms with van der Waals surface area (Å²) in [6, 6.07) is 17.7. The number of pyridine rings is 1. The fourth-order valence-corrected chi connectivity index (χ4v) is 2.99. The number of halogens is 1. The van der Waals surface area contributed by atoms with E-state index >= 15 is 0 Å². The summed E-state index contributed by atoms with van der Waals surface area (Å²) >= 11 is 5.71. The molecule has 0 aliphatic carbocycles. The molecule has 160 valence electrons. The molecular formula is C24H23ClN2O4. The van der Waals surface area contributed by atoms with Crippen LogP contribution in [0, 0.1) is 0 Å². The molecule has 31 heavy (non-hydrogen) atoms. The lowest BCUT2D eigenvalue weighted by Crippen LogP contribution is -2.23. The summed E-state index contributed by atoms with van der Waals surface area (Å²) in [5.74, 6) is 0.377. The zero-order valence-corrected chi connectivity index (χ0v) is 17.7. The molecule has 0 atom stereocenters. The number of carbonyl (C=O) groups is 2. The van der Waals surface area contributed by atoms with Gasteiger partial charge in [0.15, 0.2) is 0 Å². The highest BCUT2D eigenvalue weighted by molar-refractivity contribution is 6.46. The Kier molecular flexibility index (Phi) is 8.43. The van der Waals surface area contributed by atoms with Gasteiger partial charge in [-0.05, 0) is 43.2 Å². The van der Waals surface area contributed by atoms with Gasteiger partial charge in [-0.3, -0.25) is 14.6 Å². The number of nitrogens with zero attached hydrogens (tertiary/aromatic N) is 1. The van der Waals surface area contributed by atoms with Crippen molar-refractivity contribution in [3.05, 3.63) is 84.2 Å². The highest BCUT2D eigenvalue weighted by Gasteiger charge is 2.18. The van der Waals surface area contributed by atoms with Gasteiger partial charge in [0.05, 0.1) is 12.3 Å². The molecule has 0 spiro atoms. The van der Waals surface area contributed by atoms with Gasteiger partial charge in [0, 0.05) is 29.4 Å². The standard InChI is InChI=1S/C24H23ClN2O4/c25-13-5-6-15-30-21-11-3-1-8-19(21)17-31-22-12-4-2-10-20(22)27-24(29)23(28)18-9-7-14-26-16-18/h1-4,7-12,14,16H,5-6,13,15,17H2,(H,27,29). The van der Waals surface area contributed by atoms with Gasteiger partial charge in [0.25, 0.3) is 11.7 Å². The topological polar surface area (TPSA) is 77.5 Å². The number of para-hydroxylation sites is 3. The highest BCUT2D eigenvalue weighted by atomic mass is 35.5. The number of Topliss-reactive ketones (excluding diaryl/α,β-unsaturated/α-hetero) is 1. The second-order valence-electron chi connectivity index (χ2n) is 6.66. The predicted octanol–water partition coefficient (Wildman–Crippen LogP) is 4.88. The average molecular weight is 439 g/mol. The molecule has 1 N–H and O–H groups in total. The normalized spacial score (nSPS) is 10.4. The molecule has 0 saturated carbocycles. The molecule has 6 nitrogen and oxygen atoms in total. The minimum Gasteiger partial charge on any atom is -0.493 e. The summed E-state index contributed by atoms with van der Waals surface area (Å²) in [5.41, 5.74) is 1.50. The van der Waals surface area contributed by atoms with Gasteiger partial charge in [-0.2, -0.15) is 0 Å². The second-order valence-corrected chi connectivity index (χ2v) is 7.04. The number of rotatable bonds is 11. The third-order valence-electron chi connectivity index (χ3n) is 4.41. The maximum Gasteiger partial charge on any atom is 0.296 e. The fourth-order valence-electron chi connectivity index (χ4n) is 2.80. The van der Waals surface area contributed by atoms with E-state index < -0.39 is 11.7 Å². The lowest BCUT2D eigenvalue weighted by Gasteiger charge is -2.15. The molecule has 3 rings (SSSR count). The Balaban J connectivity index is 1.65. The van der Waals surface area contributed by atoms with E-state index in [2.05, 4.69) is 10.3 Å². The molecule has 0 fully saturated rings. The van der Waals surface area contributed by atoms with Crippen molar-refractivity contribution in [2.24, 2.45) is 0 Å². The highest BCUT2D eigenvalue weighted by Crippen LogP contribution is 2.27. The van der Waals surface area contributed by atoms with Crippen molar-refractivity contribution >= 4 is 29.0 Å². The first-order valence-electron chi connectivity index (χ1n) is 9.93. The van der Waals surface area contributed by atoms with Crippen molar-refractivity contribution in [1.82, 2.24) is 4.98 Å². The molecule has 0 aliphatic rings. The molecule has 0 saturated heterocycles. The van der Waals surface area contributed by atoms with Crippen LogP contribution in [0.5, 0.6) is 11.5 Å². The van der Waals surface area contributed by atoms with Gasteiger partial charge in [0.1, 0.15) is 18.1 Å². The molecule has 1 heterocycles. The maximum atomic E-state index is 12.4. The van der Waals surface area contributed by atoms with Gasteiger partial charge in [0.2, 0.25) is 0 Å². The summed E-state index contributed by atoms with van der Waals surface area (Å²) in [6.45, 7) is 0.821. The Hall–Kier alpha value is -3.38. The Bertz CT molecular complexity index is 1010. The monoisotopic (exact) mass is 438 g/mol. The van der Waals surface area contributed by atoms with E-state index in [1.165, 1.54) is 12.4 Å². The fraction of sp³-hybridized carbons (Fsp3) is 0.208. The van der Waals surface area contributed by atoms with E-state index in [1.807, 2.05) is 24.3 Å². The molecule has 3 aromatic rings. The van der Waals surface area contributed by atoms with Gasteiger partial charge in [-0.25, -0.2) is 0 Å². The molecule has 1 amide bonds. The number of unbranched alkanes of at least 4 members (excludes halogenated alkanes) is 1. The summed E-state index contributed by atoms with van der Waals surface area (Å²) in [7, 11) is 0. The molecule has 1 aromatic heterocycles. The van der Waals surface area contributed by atoms with Gasteiger partial charge >= 0.3 is 0 Å². The van der Waals surface area contributed by atoms with Gasteiger partial charge < -0.3 is 14.8 Å². The van der Waals surface area contributed by atoms with E-state index in [9.17, 15) is 9.59 Å². The number of amides is 1. The number of aromatic nitrogens is 1. The SMILES string of the molecule is O=C(Nc1ccccc1OCc1ccccc1OCCCCCl)C(=O)c1cccnc1. The number of nitrogens with one attached hydrogen (secondary N) is 1. The Morgan fingerprint density at radius 2 is 1.68 bits per heavy atom. The minimum absolute atomic E-state index is 0.221. The van der Waals surface area contributed by atoms with Crippen LogP contribution in [0.15, 0.2) is 73.1 Å². The lowest BCUT2D eigenvalue weighted by molar-refractivity contribution is -0.112. The lowest BCUT2D eigenvalue weighted by atomic mass is 10.2. The Morgan fingerprint density at radius 3 is 2.45 bits per heavy atom. The van der Waals surface area contributed by atoms with Crippen molar-refractivity contribution in [2.45, 2.75) is 19.4 Å². The first-order chi connectivity index (χ1) is 15.2. The summed E-state index contributed by atoms with van der Waals surface area (Å²) < 4.78 is 11.8.